The number of rotatable bonds is 24. The standard InChI is InChI=1S/C41H56N12O14/c42-41-48-36-35(38(63)49-41)46-27(21-45-36)20-44-26-5-3-25(4-6-26)37(62)47-29(39(64)65)8-10-31(55)43-11-1-2-28(54)7-9-30(40(66)67)53-18-16-51(23-33(58)59)14-12-50(22-32(56)57)13-15-52(17-19-53)24-34(60)61/h3-6,21,29-30,44H,1-2,7-20,22-24H2,(H,43,55)(H,47,62)(H,56,57)(H,58,59)(H,60,61)(H,64,65)(H,66,67)(H3,42,45,48,49,63)/p-3/t29-,30?/m0/s1. The smallest absolute Gasteiger partial charge is 0.326 e. The largest absolute Gasteiger partial charge is 0.549 e. The van der Waals surface area contributed by atoms with Gasteiger partial charge in [-0.25, -0.2) is 14.8 Å². The van der Waals surface area contributed by atoms with Crippen molar-refractivity contribution in [2.45, 2.75) is 57.2 Å². The maximum atomic E-state index is 12.9. The molecule has 26 nitrogen and oxygen atoms in total. The molecule has 0 aliphatic carbocycles. The number of nitrogen functional groups attached to an aromatic ring is 1. The van der Waals surface area contributed by atoms with Crippen LogP contribution in [0.3, 0.4) is 0 Å². The zero-order valence-electron chi connectivity index (χ0n) is 36.5. The van der Waals surface area contributed by atoms with Crippen molar-refractivity contribution in [3.8, 4) is 0 Å². The summed E-state index contributed by atoms with van der Waals surface area (Å²) in [5.74, 6) is -8.42. The Morgan fingerprint density at radius 2 is 1.31 bits per heavy atom. The third kappa shape index (κ3) is 18.3. The number of hydrogen-bond acceptors (Lipinski definition) is 21. The number of carboxylic acid groups (broad SMARTS) is 5. The lowest BCUT2D eigenvalue weighted by Crippen LogP contribution is -2.53. The molecule has 0 saturated carbocycles. The number of nitrogens with zero attached hydrogens (tertiary/aromatic N) is 7. The number of anilines is 2. The molecule has 0 spiro atoms. The first-order chi connectivity index (χ1) is 31.9. The maximum absolute atomic E-state index is 12.9. The van der Waals surface area contributed by atoms with E-state index in [2.05, 4.69) is 35.9 Å². The van der Waals surface area contributed by atoms with Crippen LogP contribution < -0.4 is 42.6 Å². The van der Waals surface area contributed by atoms with Crippen LogP contribution in [-0.4, -0.2) is 188 Å². The molecule has 26 heteroatoms. The zero-order valence-corrected chi connectivity index (χ0v) is 36.5. The third-order valence-corrected chi connectivity index (χ3v) is 10.7. The van der Waals surface area contributed by atoms with E-state index >= 15 is 0 Å². The molecule has 1 saturated heterocycles. The van der Waals surface area contributed by atoms with Crippen LogP contribution in [0.25, 0.3) is 11.2 Å². The molecule has 1 aromatic carbocycles. The summed E-state index contributed by atoms with van der Waals surface area (Å²) < 4.78 is 0. The van der Waals surface area contributed by atoms with Gasteiger partial charge in [-0.05, 0) is 43.5 Å². The second kappa shape index (κ2) is 26.1. The van der Waals surface area contributed by atoms with E-state index in [-0.39, 0.29) is 132 Å². The Morgan fingerprint density at radius 1 is 0.746 bits per heavy atom. The minimum absolute atomic E-state index is 0.00800. The number of amides is 2. The molecule has 0 radical (unpaired) electrons. The van der Waals surface area contributed by atoms with Gasteiger partial charge in [0.25, 0.3) is 11.5 Å². The highest BCUT2D eigenvalue weighted by Gasteiger charge is 2.28. The van der Waals surface area contributed by atoms with Crippen LogP contribution in [0.5, 0.6) is 0 Å². The van der Waals surface area contributed by atoms with Crippen molar-refractivity contribution in [3.63, 3.8) is 0 Å². The molecule has 1 aliphatic heterocycles. The fraction of sp³-hybridized carbons (Fsp3) is 0.512. The van der Waals surface area contributed by atoms with Crippen LogP contribution in [0.4, 0.5) is 11.6 Å². The quantitative estimate of drug-likeness (QED) is 0.0411. The Kier molecular flexibility index (Phi) is 20.4. The predicted molar refractivity (Wildman–Crippen MR) is 228 cm³/mol. The van der Waals surface area contributed by atoms with Crippen molar-refractivity contribution in [1.82, 2.24) is 50.2 Å². The number of nitrogens with two attached hydrogens (primary N) is 1. The first-order valence-corrected chi connectivity index (χ1v) is 21.3. The number of benzene rings is 1. The number of Topliss-reactive ketones (excluding diaryl/α,β-unsaturated/α-hetero) is 1. The molecule has 3 heterocycles. The van der Waals surface area contributed by atoms with Crippen LogP contribution >= 0.6 is 0 Å². The number of carbonyl (C=O) groups is 8. The third-order valence-electron chi connectivity index (χ3n) is 10.7. The molecule has 364 valence electrons. The number of aliphatic carboxylic acids is 5. The predicted octanol–water partition coefficient (Wildman–Crippen LogP) is -5.96. The van der Waals surface area contributed by atoms with Crippen molar-refractivity contribution < 1.29 is 63.9 Å². The lowest BCUT2D eigenvalue weighted by molar-refractivity contribution is -0.308. The molecule has 2 aromatic heterocycles. The summed E-state index contributed by atoms with van der Waals surface area (Å²) >= 11 is 0. The number of H-pyrrole nitrogens is 1. The second-order valence-electron chi connectivity index (χ2n) is 15.7. The highest BCUT2D eigenvalue weighted by Crippen LogP contribution is 2.14. The van der Waals surface area contributed by atoms with E-state index in [0.717, 1.165) is 0 Å². The molecular formula is C41H53N12O14-3. The highest BCUT2D eigenvalue weighted by atomic mass is 16.4. The highest BCUT2D eigenvalue weighted by molar-refractivity contribution is 5.97. The van der Waals surface area contributed by atoms with Crippen molar-refractivity contribution >= 4 is 70.2 Å². The lowest BCUT2D eigenvalue weighted by Gasteiger charge is -2.36. The van der Waals surface area contributed by atoms with Gasteiger partial charge < -0.3 is 61.6 Å². The van der Waals surface area contributed by atoms with Crippen LogP contribution in [-0.2, 0) is 40.1 Å². The fourth-order valence-electron chi connectivity index (χ4n) is 7.14. The molecule has 3 aromatic rings. The van der Waals surface area contributed by atoms with Gasteiger partial charge in [0.1, 0.15) is 17.9 Å². The van der Waals surface area contributed by atoms with E-state index in [1.807, 2.05) is 0 Å². The van der Waals surface area contributed by atoms with Gasteiger partial charge in [0.2, 0.25) is 11.9 Å². The minimum atomic E-state index is -1.41. The minimum Gasteiger partial charge on any atom is -0.549 e. The summed E-state index contributed by atoms with van der Waals surface area (Å²) in [7, 11) is 0. The van der Waals surface area contributed by atoms with Gasteiger partial charge in [-0.1, -0.05) is 0 Å². The molecule has 2 amide bonds. The number of ketones is 1. The first kappa shape index (κ1) is 52.5. The molecular weight excluding hydrogens is 885 g/mol. The van der Waals surface area contributed by atoms with E-state index in [0.29, 0.717) is 11.4 Å². The number of carbonyl (C=O) groups excluding carboxylic acids is 6. The van der Waals surface area contributed by atoms with Crippen molar-refractivity contribution in [1.29, 1.82) is 0 Å². The molecule has 1 fully saturated rings. The van der Waals surface area contributed by atoms with Crippen molar-refractivity contribution in [3.05, 3.63) is 52.1 Å². The summed E-state index contributed by atoms with van der Waals surface area (Å²) in [5, 5.41) is 62.3. The Morgan fingerprint density at radius 3 is 1.85 bits per heavy atom. The fourth-order valence-corrected chi connectivity index (χ4v) is 7.14. The lowest BCUT2D eigenvalue weighted by atomic mass is 10.0. The number of nitrogens with one attached hydrogen (secondary N) is 4. The van der Waals surface area contributed by atoms with Gasteiger partial charge in [-0.15, -0.1) is 0 Å². The topological polar surface area (TPSA) is 393 Å². The van der Waals surface area contributed by atoms with E-state index in [1.165, 1.54) is 37.9 Å². The molecule has 8 N–H and O–H groups in total. The van der Waals surface area contributed by atoms with Crippen molar-refractivity contribution in [2.24, 2.45) is 0 Å². The Hall–Kier alpha value is -7.16. The summed E-state index contributed by atoms with van der Waals surface area (Å²) in [4.78, 5) is 130. The number of aromatic amines is 1. The van der Waals surface area contributed by atoms with E-state index in [4.69, 9.17) is 5.73 Å². The number of hydrogen-bond donors (Lipinski definition) is 7. The zero-order chi connectivity index (χ0) is 49.0. The van der Waals surface area contributed by atoms with Gasteiger partial charge in [0.15, 0.2) is 11.2 Å². The molecule has 1 aliphatic rings. The number of fused-ring (bicyclic) bond motifs is 1. The summed E-state index contributed by atoms with van der Waals surface area (Å²) in [6.07, 6.45) is 0.774. The Bertz CT molecular complexity index is 2260. The van der Waals surface area contributed by atoms with Gasteiger partial charge in [-0.3, -0.25) is 48.6 Å². The van der Waals surface area contributed by atoms with Gasteiger partial charge in [-0.2, -0.15) is 4.98 Å². The van der Waals surface area contributed by atoms with Crippen LogP contribution in [0, 0.1) is 0 Å². The molecule has 2 atom stereocenters. The first-order valence-electron chi connectivity index (χ1n) is 21.3. The maximum Gasteiger partial charge on any atom is 0.326 e. The summed E-state index contributed by atoms with van der Waals surface area (Å²) in [6, 6.07) is 3.45. The van der Waals surface area contributed by atoms with Gasteiger partial charge in [0.05, 0.1) is 36.3 Å². The number of carboxylic acids is 5. The van der Waals surface area contributed by atoms with E-state index in [1.54, 1.807) is 12.1 Å². The average Bonchev–Trinajstić information content (AvgIpc) is 3.25. The summed E-state index contributed by atoms with van der Waals surface area (Å²) in [5.41, 5.74) is 6.24. The molecule has 1 unspecified atom stereocenters. The Labute approximate surface area is 382 Å². The van der Waals surface area contributed by atoms with Crippen molar-refractivity contribution in [2.75, 3.05) is 89.6 Å². The normalized spacial score (nSPS) is 15.6. The van der Waals surface area contributed by atoms with E-state index < -0.39 is 78.9 Å². The van der Waals surface area contributed by atoms with Crippen LogP contribution in [0.1, 0.15) is 54.6 Å². The SMILES string of the molecule is Nc1nc2ncc(CNc3ccc(C(=O)N[C@@H](CCC(=O)NCCCC(=O)CCC(C(=O)O)N4CCN(CC(=O)[O-])CCN(CC(=O)[O-])CCN(CC(=O)[O-])CC4)C(=O)O)cc3)nc2c(=O)[nH]1. The van der Waals surface area contributed by atoms with Gasteiger partial charge in [0, 0.05) is 109 Å². The van der Waals surface area contributed by atoms with Gasteiger partial charge >= 0.3 is 11.9 Å². The molecule has 0 bridgehead atoms. The second-order valence-corrected chi connectivity index (χ2v) is 15.7. The molecule has 4 rings (SSSR count). The van der Waals surface area contributed by atoms with Crippen LogP contribution in [0.2, 0.25) is 0 Å². The monoisotopic (exact) mass is 937 g/mol. The van der Waals surface area contributed by atoms with Crippen LogP contribution in [0.15, 0.2) is 35.3 Å². The Balaban J connectivity index is 1.21. The average molecular weight is 938 g/mol. The van der Waals surface area contributed by atoms with E-state index in [9.17, 15) is 68.7 Å². The number of aromatic nitrogens is 4. The summed E-state index contributed by atoms with van der Waals surface area (Å²) in [6.45, 7) is -0.897. The molecule has 67 heavy (non-hydrogen) atoms.